The van der Waals surface area contributed by atoms with Crippen LogP contribution in [0, 0.1) is 0 Å². The van der Waals surface area contributed by atoms with Crippen LogP contribution in [0.25, 0.3) is 0 Å². The van der Waals surface area contributed by atoms with Crippen molar-refractivity contribution in [2.75, 3.05) is 14.2 Å². The van der Waals surface area contributed by atoms with E-state index in [4.69, 9.17) is 21.4 Å². The molecular formula is C18H18Cl2O8S2. The number of rotatable bonds is 6. The molecule has 2 rings (SSSR count). The summed E-state index contributed by atoms with van der Waals surface area (Å²) in [6.45, 7) is 0. The third-order valence-electron chi connectivity index (χ3n) is 3.54. The fourth-order valence-electron chi connectivity index (χ4n) is 2.05. The summed E-state index contributed by atoms with van der Waals surface area (Å²) in [5.41, 5.74) is 1.22. The number of ether oxygens (including phenoxy) is 2. The van der Waals surface area contributed by atoms with Gasteiger partial charge < -0.3 is 9.47 Å². The second-order valence-electron chi connectivity index (χ2n) is 5.67. The van der Waals surface area contributed by atoms with Crippen molar-refractivity contribution in [3.63, 3.8) is 0 Å². The number of esters is 2. The van der Waals surface area contributed by atoms with Crippen molar-refractivity contribution in [3.8, 4) is 0 Å². The van der Waals surface area contributed by atoms with Crippen molar-refractivity contribution in [1.29, 1.82) is 0 Å². The summed E-state index contributed by atoms with van der Waals surface area (Å²) in [7, 11) is 5.40. The van der Waals surface area contributed by atoms with E-state index in [1.807, 2.05) is 0 Å². The van der Waals surface area contributed by atoms with E-state index in [-0.39, 0.29) is 28.6 Å². The Morgan fingerprint density at radius 3 is 1.63 bits per heavy atom. The highest BCUT2D eigenvalue weighted by atomic mass is 35.7. The quantitative estimate of drug-likeness (QED) is 0.441. The number of carbonyl (C=O) groups is 2. The van der Waals surface area contributed by atoms with Gasteiger partial charge in [-0.25, -0.2) is 16.8 Å². The van der Waals surface area contributed by atoms with Crippen molar-refractivity contribution in [2.24, 2.45) is 0 Å². The first-order chi connectivity index (χ1) is 13.9. The molecule has 0 spiro atoms. The summed E-state index contributed by atoms with van der Waals surface area (Å²) in [6.07, 6.45) is 0.135. The molecule has 0 aliphatic rings. The van der Waals surface area contributed by atoms with Gasteiger partial charge in [0, 0.05) is 21.4 Å². The highest BCUT2D eigenvalue weighted by Crippen LogP contribution is 2.17. The fraction of sp³-hybridized carbons (Fsp3) is 0.222. The fourth-order valence-corrected chi connectivity index (χ4v) is 3.65. The summed E-state index contributed by atoms with van der Waals surface area (Å²) in [4.78, 5) is 21.8. The van der Waals surface area contributed by atoms with Crippen LogP contribution in [-0.2, 0) is 50.0 Å². The second-order valence-corrected chi connectivity index (χ2v) is 10.8. The first kappa shape index (κ1) is 25.9. The molecule has 2 aromatic carbocycles. The Labute approximate surface area is 183 Å². The minimum Gasteiger partial charge on any atom is -0.469 e. The Bertz CT molecular complexity index is 1100. The zero-order chi connectivity index (χ0) is 22.9. The summed E-state index contributed by atoms with van der Waals surface area (Å²) >= 11 is 0. The van der Waals surface area contributed by atoms with Gasteiger partial charge in [-0.3, -0.25) is 9.59 Å². The van der Waals surface area contributed by atoms with Gasteiger partial charge in [-0.1, -0.05) is 24.3 Å². The largest absolute Gasteiger partial charge is 0.469 e. The Morgan fingerprint density at radius 2 is 1.20 bits per heavy atom. The molecule has 0 aliphatic heterocycles. The van der Waals surface area contributed by atoms with Crippen LogP contribution in [0.15, 0.2) is 58.3 Å². The molecule has 164 valence electrons. The van der Waals surface area contributed by atoms with Gasteiger partial charge in [0.2, 0.25) is 0 Å². The average molecular weight is 497 g/mol. The van der Waals surface area contributed by atoms with E-state index in [1.54, 1.807) is 6.07 Å². The Hall–Kier alpha value is -2.14. The summed E-state index contributed by atoms with van der Waals surface area (Å²) in [6, 6.07) is 11.6. The number of benzene rings is 2. The molecule has 8 nitrogen and oxygen atoms in total. The van der Waals surface area contributed by atoms with Gasteiger partial charge in [-0.15, -0.1) is 0 Å². The van der Waals surface area contributed by atoms with Crippen LogP contribution in [0.3, 0.4) is 0 Å². The van der Waals surface area contributed by atoms with Gasteiger partial charge in [-0.2, -0.15) is 0 Å². The van der Waals surface area contributed by atoms with Crippen molar-refractivity contribution in [1.82, 2.24) is 0 Å². The van der Waals surface area contributed by atoms with Crippen LogP contribution >= 0.6 is 21.4 Å². The molecule has 0 aromatic heterocycles. The molecule has 0 N–H and O–H groups in total. The summed E-state index contributed by atoms with van der Waals surface area (Å²) in [5, 5.41) is 0. The average Bonchev–Trinajstić information content (AvgIpc) is 2.67. The molecule has 0 atom stereocenters. The first-order valence-corrected chi connectivity index (χ1v) is 12.7. The lowest BCUT2D eigenvalue weighted by Crippen LogP contribution is -2.05. The van der Waals surface area contributed by atoms with Gasteiger partial charge in [-0.05, 0) is 35.4 Å². The van der Waals surface area contributed by atoms with E-state index in [0.717, 1.165) is 0 Å². The number of halogens is 2. The summed E-state index contributed by atoms with van der Waals surface area (Å²) in [5.74, 6) is -0.810. The van der Waals surface area contributed by atoms with Crippen molar-refractivity contribution in [2.45, 2.75) is 22.6 Å². The third kappa shape index (κ3) is 9.12. The number of hydrogen-bond donors (Lipinski definition) is 0. The van der Waals surface area contributed by atoms with Crippen LogP contribution in [0.1, 0.15) is 11.1 Å². The molecular weight excluding hydrogens is 479 g/mol. The highest BCUT2D eigenvalue weighted by Gasteiger charge is 2.12. The zero-order valence-corrected chi connectivity index (χ0v) is 19.0. The number of carbonyl (C=O) groups excluding carboxylic acids is 2. The monoisotopic (exact) mass is 496 g/mol. The lowest BCUT2D eigenvalue weighted by atomic mass is 10.1. The molecule has 0 radical (unpaired) electrons. The predicted octanol–water partition coefficient (Wildman–Crippen LogP) is 2.66. The molecule has 2 aromatic rings. The predicted molar refractivity (Wildman–Crippen MR) is 110 cm³/mol. The van der Waals surface area contributed by atoms with Crippen LogP contribution in [0.5, 0.6) is 0 Å². The Morgan fingerprint density at radius 1 is 0.733 bits per heavy atom. The van der Waals surface area contributed by atoms with Crippen LogP contribution < -0.4 is 0 Å². The Kier molecular flexibility index (Phi) is 9.76. The SMILES string of the molecule is COC(=O)Cc1ccc(S(=O)(=O)Cl)cc1.COC(=O)Cc1cccc(S(=O)(=O)Cl)c1. The van der Waals surface area contributed by atoms with Gasteiger partial charge >= 0.3 is 11.9 Å². The number of methoxy groups -OCH3 is 2. The van der Waals surface area contributed by atoms with Crippen LogP contribution in [-0.4, -0.2) is 43.0 Å². The molecule has 12 heteroatoms. The maximum Gasteiger partial charge on any atom is 0.309 e. The van der Waals surface area contributed by atoms with E-state index >= 15 is 0 Å². The van der Waals surface area contributed by atoms with Gasteiger partial charge in [0.1, 0.15) is 0 Å². The molecule has 0 fully saturated rings. The second kappa shape index (κ2) is 11.3. The topological polar surface area (TPSA) is 121 Å². The standard InChI is InChI=1S/2C9H9ClO4S/c1-14-9(11)6-7-2-4-8(5-3-7)15(10,12)13;1-14-9(11)6-7-3-2-4-8(5-7)15(10,12)13/h2*2-5H,6H2,1H3. The van der Waals surface area contributed by atoms with Gasteiger partial charge in [0.25, 0.3) is 18.1 Å². The van der Waals surface area contributed by atoms with E-state index in [1.165, 1.54) is 56.7 Å². The van der Waals surface area contributed by atoms with E-state index in [2.05, 4.69) is 9.47 Å². The maximum absolute atomic E-state index is 11.0. The Balaban J connectivity index is 0.000000300. The van der Waals surface area contributed by atoms with Crippen LogP contribution in [0.2, 0.25) is 0 Å². The van der Waals surface area contributed by atoms with Crippen LogP contribution in [0.4, 0.5) is 0 Å². The lowest BCUT2D eigenvalue weighted by molar-refractivity contribution is -0.140. The summed E-state index contributed by atoms with van der Waals surface area (Å²) < 4.78 is 52.7. The highest BCUT2D eigenvalue weighted by molar-refractivity contribution is 8.14. The minimum atomic E-state index is -3.75. The molecule has 0 saturated carbocycles. The van der Waals surface area contributed by atoms with Crippen molar-refractivity contribution >= 4 is 51.4 Å². The molecule has 0 unspecified atom stereocenters. The molecule has 0 saturated heterocycles. The van der Waals surface area contributed by atoms with Crippen molar-refractivity contribution < 1.29 is 35.9 Å². The smallest absolute Gasteiger partial charge is 0.309 e. The minimum absolute atomic E-state index is 0.0118. The number of hydrogen-bond acceptors (Lipinski definition) is 8. The molecule has 0 bridgehead atoms. The van der Waals surface area contributed by atoms with Gasteiger partial charge in [0.05, 0.1) is 36.9 Å². The zero-order valence-electron chi connectivity index (χ0n) is 15.9. The van der Waals surface area contributed by atoms with Gasteiger partial charge in [0.15, 0.2) is 0 Å². The molecule has 0 heterocycles. The van der Waals surface area contributed by atoms with Crippen molar-refractivity contribution in [3.05, 3.63) is 59.7 Å². The van der Waals surface area contributed by atoms with E-state index in [0.29, 0.717) is 11.1 Å². The first-order valence-electron chi connectivity index (χ1n) is 8.07. The molecule has 0 aliphatic carbocycles. The van der Waals surface area contributed by atoms with E-state index < -0.39 is 24.1 Å². The lowest BCUT2D eigenvalue weighted by Gasteiger charge is -2.01. The molecule has 0 amide bonds. The third-order valence-corrected chi connectivity index (χ3v) is 6.26. The normalized spacial score (nSPS) is 11.1. The molecule has 30 heavy (non-hydrogen) atoms. The maximum atomic E-state index is 11.0. The van der Waals surface area contributed by atoms with E-state index in [9.17, 15) is 26.4 Å².